The highest BCUT2D eigenvalue weighted by Crippen LogP contribution is 2.22. The minimum Gasteiger partial charge on any atom is -0.395 e. The molecule has 8 heteroatoms. The Morgan fingerprint density at radius 2 is 1.63 bits per heavy atom. The first-order valence-electron chi connectivity index (χ1n) is 8.43. The molecule has 27 heavy (non-hydrogen) atoms. The normalized spacial score (nSPS) is 10.8. The van der Waals surface area contributed by atoms with Gasteiger partial charge >= 0.3 is 0 Å². The molecule has 2 N–H and O–H groups in total. The molecule has 1 aromatic heterocycles. The molecule has 0 unspecified atom stereocenters. The Morgan fingerprint density at radius 1 is 1.00 bits per heavy atom. The van der Waals surface area contributed by atoms with Gasteiger partial charge < -0.3 is 15.1 Å². The number of hydrogen-bond donors (Lipinski definition) is 2. The van der Waals surface area contributed by atoms with Crippen LogP contribution in [0.5, 0.6) is 0 Å². The van der Waals surface area contributed by atoms with Crippen LogP contribution in [-0.4, -0.2) is 62.1 Å². The molecule has 0 aliphatic carbocycles. The van der Waals surface area contributed by atoms with Crippen LogP contribution in [0.3, 0.4) is 0 Å². The Bertz CT molecular complexity index is 891. The van der Waals surface area contributed by atoms with Crippen LogP contribution >= 0.6 is 11.6 Å². The van der Waals surface area contributed by atoms with E-state index in [0.29, 0.717) is 16.5 Å². The zero-order valence-corrected chi connectivity index (χ0v) is 15.3. The van der Waals surface area contributed by atoms with Crippen LogP contribution in [0, 0.1) is 0 Å². The molecular formula is C19H19ClN4O3. The average Bonchev–Trinajstić information content (AvgIpc) is 3.14. The van der Waals surface area contributed by atoms with Crippen molar-refractivity contribution in [2.45, 2.75) is 0 Å². The van der Waals surface area contributed by atoms with E-state index in [1.165, 1.54) is 4.90 Å². The molecular weight excluding hydrogens is 368 g/mol. The van der Waals surface area contributed by atoms with E-state index in [0.717, 1.165) is 5.56 Å². The Morgan fingerprint density at radius 3 is 2.22 bits per heavy atom. The maximum Gasteiger partial charge on any atom is 0.293 e. The summed E-state index contributed by atoms with van der Waals surface area (Å²) in [5.41, 5.74) is 1.51. The van der Waals surface area contributed by atoms with Gasteiger partial charge in [-0.2, -0.15) is 0 Å². The van der Waals surface area contributed by atoms with Gasteiger partial charge in [0.15, 0.2) is 5.82 Å². The monoisotopic (exact) mass is 386 g/mol. The lowest BCUT2D eigenvalue weighted by Crippen LogP contribution is -2.36. The van der Waals surface area contributed by atoms with Crippen LogP contribution < -0.4 is 0 Å². The molecule has 7 nitrogen and oxygen atoms in total. The van der Waals surface area contributed by atoms with E-state index in [4.69, 9.17) is 21.8 Å². The Labute approximate surface area is 161 Å². The molecule has 0 aliphatic heterocycles. The first kappa shape index (κ1) is 19.0. The number of benzene rings is 2. The summed E-state index contributed by atoms with van der Waals surface area (Å²) in [6, 6.07) is 16.4. The quantitative estimate of drug-likeness (QED) is 0.648. The summed E-state index contributed by atoms with van der Waals surface area (Å²) < 4.78 is 1.58. The van der Waals surface area contributed by atoms with Gasteiger partial charge in [0.05, 0.1) is 18.9 Å². The van der Waals surface area contributed by atoms with Crippen molar-refractivity contribution in [1.29, 1.82) is 0 Å². The third-order valence-corrected chi connectivity index (χ3v) is 4.18. The highest BCUT2D eigenvalue weighted by atomic mass is 35.5. The minimum absolute atomic E-state index is 0.00861. The van der Waals surface area contributed by atoms with Crippen molar-refractivity contribution in [3.63, 3.8) is 0 Å². The molecule has 0 aliphatic rings. The van der Waals surface area contributed by atoms with Crippen molar-refractivity contribution in [1.82, 2.24) is 19.7 Å². The number of carbonyl (C=O) groups is 1. The first-order valence-corrected chi connectivity index (χ1v) is 8.81. The van der Waals surface area contributed by atoms with Gasteiger partial charge in [-0.05, 0) is 24.3 Å². The number of aliphatic hydroxyl groups is 2. The number of nitrogens with zero attached hydrogens (tertiary/aromatic N) is 4. The van der Waals surface area contributed by atoms with Crippen molar-refractivity contribution in [2.24, 2.45) is 0 Å². The molecule has 0 saturated heterocycles. The Hall–Kier alpha value is -2.74. The largest absolute Gasteiger partial charge is 0.395 e. The third-order valence-electron chi connectivity index (χ3n) is 3.93. The number of amides is 1. The van der Waals surface area contributed by atoms with Crippen molar-refractivity contribution in [3.8, 4) is 17.1 Å². The average molecular weight is 387 g/mol. The second kappa shape index (κ2) is 8.77. The molecule has 3 aromatic rings. The van der Waals surface area contributed by atoms with E-state index in [2.05, 4.69) is 10.1 Å². The van der Waals surface area contributed by atoms with E-state index in [1.54, 1.807) is 28.9 Å². The molecule has 0 spiro atoms. The highest BCUT2D eigenvalue weighted by Gasteiger charge is 2.23. The van der Waals surface area contributed by atoms with Gasteiger partial charge in [-0.1, -0.05) is 41.9 Å². The fourth-order valence-electron chi connectivity index (χ4n) is 2.64. The molecule has 0 radical (unpaired) electrons. The van der Waals surface area contributed by atoms with Crippen molar-refractivity contribution < 1.29 is 15.0 Å². The number of carbonyl (C=O) groups excluding carboxylic acids is 1. The summed E-state index contributed by atoms with van der Waals surface area (Å²) in [6.45, 7) is -0.241. The summed E-state index contributed by atoms with van der Waals surface area (Å²) in [6.07, 6.45) is 0. The molecule has 3 rings (SSSR count). The van der Waals surface area contributed by atoms with E-state index < -0.39 is 5.91 Å². The molecule has 0 atom stereocenters. The lowest BCUT2D eigenvalue weighted by Gasteiger charge is -2.18. The SMILES string of the molecule is O=C(c1nc(-c2ccccc2)n(-c2ccc(Cl)cc2)n1)N(CCO)CCO. The van der Waals surface area contributed by atoms with E-state index in [9.17, 15) is 4.79 Å². The highest BCUT2D eigenvalue weighted by molar-refractivity contribution is 6.30. The molecule has 1 amide bonds. The summed E-state index contributed by atoms with van der Waals surface area (Å²) in [5, 5.41) is 23.3. The second-order valence-corrected chi connectivity index (χ2v) is 6.19. The second-order valence-electron chi connectivity index (χ2n) is 5.75. The predicted octanol–water partition coefficient (Wildman–Crippen LogP) is 2.01. The van der Waals surface area contributed by atoms with Crippen molar-refractivity contribution in [3.05, 3.63) is 65.4 Å². The van der Waals surface area contributed by atoms with Gasteiger partial charge in [0, 0.05) is 23.7 Å². The Balaban J connectivity index is 2.06. The molecule has 0 bridgehead atoms. The molecule has 140 valence electrons. The van der Waals surface area contributed by atoms with Gasteiger partial charge in [0.1, 0.15) is 0 Å². The summed E-state index contributed by atoms with van der Waals surface area (Å²) >= 11 is 5.97. The zero-order chi connectivity index (χ0) is 19.2. The number of aliphatic hydroxyl groups excluding tert-OH is 2. The van der Waals surface area contributed by atoms with Gasteiger partial charge in [0.2, 0.25) is 5.82 Å². The first-order chi connectivity index (χ1) is 13.1. The van der Waals surface area contributed by atoms with E-state index in [-0.39, 0.29) is 32.1 Å². The maximum atomic E-state index is 12.8. The molecule has 2 aromatic carbocycles. The van der Waals surface area contributed by atoms with Crippen LogP contribution in [0.1, 0.15) is 10.6 Å². The summed E-state index contributed by atoms with van der Waals surface area (Å²) in [4.78, 5) is 18.5. The molecule has 0 saturated carbocycles. The van der Waals surface area contributed by atoms with Crippen LogP contribution in [0.2, 0.25) is 5.02 Å². The number of halogens is 1. The van der Waals surface area contributed by atoms with Crippen LogP contribution in [0.15, 0.2) is 54.6 Å². The minimum atomic E-state index is -0.456. The number of aromatic nitrogens is 3. The van der Waals surface area contributed by atoms with E-state index in [1.807, 2.05) is 30.3 Å². The van der Waals surface area contributed by atoms with Crippen LogP contribution in [0.4, 0.5) is 0 Å². The van der Waals surface area contributed by atoms with Gasteiger partial charge in [-0.3, -0.25) is 4.79 Å². The fraction of sp³-hybridized carbons (Fsp3) is 0.211. The van der Waals surface area contributed by atoms with Gasteiger partial charge in [-0.25, -0.2) is 9.67 Å². The van der Waals surface area contributed by atoms with Gasteiger partial charge in [-0.15, -0.1) is 5.10 Å². The van der Waals surface area contributed by atoms with E-state index >= 15 is 0 Å². The van der Waals surface area contributed by atoms with Crippen molar-refractivity contribution >= 4 is 17.5 Å². The standard InChI is InChI=1S/C19H19ClN4O3/c20-15-6-8-16(9-7-15)24-18(14-4-2-1-3-5-14)21-17(22-24)19(27)23(10-12-25)11-13-26/h1-9,25-26H,10-13H2. The maximum absolute atomic E-state index is 12.8. The van der Waals surface area contributed by atoms with Gasteiger partial charge in [0.25, 0.3) is 5.91 Å². The third kappa shape index (κ3) is 4.33. The lowest BCUT2D eigenvalue weighted by molar-refractivity contribution is 0.0673. The topological polar surface area (TPSA) is 91.5 Å². The molecule has 1 heterocycles. The summed E-state index contributed by atoms with van der Waals surface area (Å²) in [5.74, 6) is 0.0444. The lowest BCUT2D eigenvalue weighted by atomic mass is 10.2. The Kier molecular flexibility index (Phi) is 6.18. The predicted molar refractivity (Wildman–Crippen MR) is 102 cm³/mol. The summed E-state index contributed by atoms with van der Waals surface area (Å²) in [7, 11) is 0. The van der Waals surface area contributed by atoms with Crippen molar-refractivity contribution in [2.75, 3.05) is 26.3 Å². The smallest absolute Gasteiger partial charge is 0.293 e. The van der Waals surface area contributed by atoms with Crippen LogP contribution in [-0.2, 0) is 0 Å². The fourth-order valence-corrected chi connectivity index (χ4v) is 2.76. The zero-order valence-electron chi connectivity index (χ0n) is 14.5. The number of hydrogen-bond acceptors (Lipinski definition) is 5. The van der Waals surface area contributed by atoms with Crippen LogP contribution in [0.25, 0.3) is 17.1 Å². The number of rotatable bonds is 7. The molecule has 0 fully saturated rings.